The maximum atomic E-state index is 7.18. The third-order valence-electron chi connectivity index (χ3n) is 15.6. The smallest absolute Gasteiger partial charge is 0.333 e. The van der Waals surface area contributed by atoms with Gasteiger partial charge in [-0.25, -0.2) is 0 Å². The molecule has 2 aliphatic heterocycles. The molecule has 0 bridgehead atoms. The minimum atomic E-state index is -0.179. The highest BCUT2D eigenvalue weighted by Crippen LogP contribution is 2.53. The number of anilines is 8. The van der Waals surface area contributed by atoms with Gasteiger partial charge in [0.15, 0.2) is 0 Å². The predicted molar refractivity (Wildman–Crippen MR) is 316 cm³/mol. The highest BCUT2D eigenvalue weighted by molar-refractivity contribution is 6.93. The Bertz CT molecular complexity index is 3510. The van der Waals surface area contributed by atoms with E-state index in [1.807, 2.05) is 0 Å². The third kappa shape index (κ3) is 8.34. The van der Waals surface area contributed by atoms with E-state index in [4.69, 9.17) is 4.42 Å². The van der Waals surface area contributed by atoms with E-state index in [0.717, 1.165) is 67.3 Å². The lowest BCUT2D eigenvalue weighted by atomic mass is 9.43. The van der Waals surface area contributed by atoms with E-state index >= 15 is 0 Å². The number of fused-ring (bicyclic) bond motifs is 8. The summed E-state index contributed by atoms with van der Waals surface area (Å²) in [6.45, 7) is 34.4. The van der Waals surface area contributed by atoms with Crippen molar-refractivity contribution in [2.45, 2.75) is 131 Å². The van der Waals surface area contributed by atoms with Crippen molar-refractivity contribution in [2.24, 2.45) is 0 Å². The monoisotopic (exact) mass is 958 g/mol. The van der Waals surface area contributed by atoms with Crippen LogP contribution in [0.15, 0.2) is 168 Å². The minimum absolute atomic E-state index is 0.000403. The van der Waals surface area contributed by atoms with Gasteiger partial charge in [0.2, 0.25) is 0 Å². The Morgan fingerprint density at radius 1 is 0.397 bits per heavy atom. The maximum absolute atomic E-state index is 7.18. The fourth-order valence-corrected chi connectivity index (χ4v) is 11.3. The molecule has 4 nitrogen and oxygen atoms in total. The molecule has 0 atom stereocenters. The van der Waals surface area contributed by atoms with Gasteiger partial charge in [0.05, 0.1) is 0 Å². The van der Waals surface area contributed by atoms with Gasteiger partial charge in [-0.05, 0) is 156 Å². The molecule has 9 aromatic rings. The summed E-state index contributed by atoms with van der Waals surface area (Å²) in [6, 6.07) is 62.6. The quantitative estimate of drug-likeness (QED) is 0.160. The van der Waals surface area contributed by atoms with Crippen molar-refractivity contribution in [3.63, 3.8) is 0 Å². The first kappa shape index (κ1) is 48.3. The van der Waals surface area contributed by atoms with E-state index in [2.05, 4.69) is 282 Å². The Morgan fingerprint density at radius 3 is 1.38 bits per heavy atom. The number of hydrogen-bond donors (Lipinski definition) is 0. The molecule has 0 spiro atoms. The largest absolute Gasteiger partial charge is 0.455 e. The van der Waals surface area contributed by atoms with Crippen molar-refractivity contribution >= 4 is 85.2 Å². The zero-order chi connectivity index (χ0) is 51.7. The highest BCUT2D eigenvalue weighted by atomic mass is 16.3. The second kappa shape index (κ2) is 16.8. The molecule has 8 aromatic carbocycles. The predicted octanol–water partition coefficient (Wildman–Crippen LogP) is 18.3. The van der Waals surface area contributed by atoms with Crippen molar-refractivity contribution in [3.8, 4) is 11.1 Å². The Morgan fingerprint density at radius 2 is 0.863 bits per heavy atom. The first-order valence-electron chi connectivity index (χ1n) is 26.4. The van der Waals surface area contributed by atoms with Gasteiger partial charge in [0.25, 0.3) is 0 Å². The van der Waals surface area contributed by atoms with Crippen LogP contribution in [0.4, 0.5) is 45.5 Å². The van der Waals surface area contributed by atoms with E-state index in [1.165, 1.54) is 50.0 Å². The molecule has 2 aliphatic rings. The van der Waals surface area contributed by atoms with E-state index in [1.54, 1.807) is 0 Å². The topological polar surface area (TPSA) is 22.9 Å². The van der Waals surface area contributed by atoms with Crippen molar-refractivity contribution < 1.29 is 4.42 Å². The lowest BCUT2D eigenvalue weighted by Gasteiger charge is -2.46. The van der Waals surface area contributed by atoms with Crippen molar-refractivity contribution in [3.05, 3.63) is 192 Å². The molecule has 0 radical (unpaired) electrons. The second-order valence-electron chi connectivity index (χ2n) is 26.0. The molecule has 0 amide bonds. The fraction of sp³-hybridized carbons (Fsp3) is 0.294. The number of benzene rings is 8. The van der Waals surface area contributed by atoms with Crippen LogP contribution in [0, 0.1) is 0 Å². The standard InChI is InChI=1S/C68H72BN3O/c1-64(2,3)43-20-29-48(30-21-43)70(49-31-22-44(23-32-49)65(4,5)6)52-41-55-61-58(39-37-54-53-18-16-17-19-60(53)73-63(54)61)72(51-35-26-46(27-36-51)67(10,11)12)69-56-40-47(68(13,14)15)28-38-57(56)71(59(42-52)62(55)69)50-33-24-45(25-34-50)66(7,8)9/h16-42H,1-15H3. The first-order valence-corrected chi connectivity index (χ1v) is 26.4. The molecule has 73 heavy (non-hydrogen) atoms. The highest BCUT2D eigenvalue weighted by Gasteiger charge is 2.47. The Hall–Kier alpha value is -6.98. The van der Waals surface area contributed by atoms with Gasteiger partial charge in [-0.3, -0.25) is 0 Å². The van der Waals surface area contributed by atoms with Gasteiger partial charge >= 0.3 is 6.85 Å². The van der Waals surface area contributed by atoms with Crippen LogP contribution in [-0.4, -0.2) is 6.85 Å². The van der Waals surface area contributed by atoms with Crippen LogP contribution < -0.4 is 25.5 Å². The van der Waals surface area contributed by atoms with Crippen LogP contribution in [0.3, 0.4) is 0 Å². The van der Waals surface area contributed by atoms with E-state index in [0.29, 0.717) is 0 Å². The molecule has 11 rings (SSSR count). The molecule has 3 heterocycles. The molecule has 0 fully saturated rings. The van der Waals surface area contributed by atoms with Gasteiger partial charge < -0.3 is 19.0 Å². The molecule has 0 saturated heterocycles. The molecular weight excluding hydrogens is 886 g/mol. The molecule has 0 saturated carbocycles. The fourth-order valence-electron chi connectivity index (χ4n) is 11.3. The van der Waals surface area contributed by atoms with Crippen molar-refractivity contribution in [1.29, 1.82) is 0 Å². The van der Waals surface area contributed by atoms with Gasteiger partial charge in [0, 0.05) is 61.8 Å². The molecule has 1 aromatic heterocycles. The summed E-state index contributed by atoms with van der Waals surface area (Å²) in [5.74, 6) is 0. The third-order valence-corrected chi connectivity index (χ3v) is 15.6. The summed E-state index contributed by atoms with van der Waals surface area (Å²) in [4.78, 5) is 7.65. The SMILES string of the molecule is CC(C)(C)c1ccc(N2B3c4cc(C(C)(C)C)ccc4N(c4ccc(C(C)(C)C)cc4)c4cc(N(c5ccc(C(C)(C)C)cc5)c5ccc(C(C)(C)C)cc5)cc(c43)-c3c2ccc2c3oc3ccccc32)cc1. The zero-order valence-electron chi connectivity index (χ0n) is 45.9. The Balaban J connectivity index is 1.29. The normalized spacial score (nSPS) is 13.9. The van der Waals surface area contributed by atoms with Gasteiger partial charge in [0.1, 0.15) is 11.2 Å². The first-order chi connectivity index (χ1) is 34.4. The molecule has 0 N–H and O–H groups in total. The molecular formula is C68H72BN3O. The van der Waals surface area contributed by atoms with Crippen LogP contribution in [0.5, 0.6) is 0 Å². The van der Waals surface area contributed by atoms with Crippen molar-refractivity contribution in [2.75, 3.05) is 14.6 Å². The average molecular weight is 958 g/mol. The zero-order valence-corrected chi connectivity index (χ0v) is 45.9. The van der Waals surface area contributed by atoms with Crippen LogP contribution in [-0.2, 0) is 27.1 Å². The second-order valence-corrected chi connectivity index (χ2v) is 26.0. The summed E-state index contributed by atoms with van der Waals surface area (Å²) in [7, 11) is 0. The van der Waals surface area contributed by atoms with E-state index < -0.39 is 0 Å². The Labute approximate surface area is 435 Å². The number of hydrogen-bond acceptors (Lipinski definition) is 4. The van der Waals surface area contributed by atoms with Crippen LogP contribution >= 0.6 is 0 Å². The van der Waals surface area contributed by atoms with Gasteiger partial charge in [-0.1, -0.05) is 183 Å². The maximum Gasteiger partial charge on any atom is 0.333 e. The summed E-state index contributed by atoms with van der Waals surface area (Å²) in [5.41, 5.74) is 22.1. The molecule has 5 heteroatoms. The minimum Gasteiger partial charge on any atom is -0.455 e. The number of para-hydroxylation sites is 1. The van der Waals surface area contributed by atoms with Gasteiger partial charge in [-0.15, -0.1) is 0 Å². The van der Waals surface area contributed by atoms with E-state index in [9.17, 15) is 0 Å². The number of furan rings is 1. The average Bonchev–Trinajstić information content (AvgIpc) is 3.72. The summed E-state index contributed by atoms with van der Waals surface area (Å²) >= 11 is 0. The number of nitrogens with zero attached hydrogens (tertiary/aromatic N) is 3. The Kier molecular flexibility index (Phi) is 11.1. The summed E-state index contributed by atoms with van der Waals surface area (Å²) in [6.07, 6.45) is 0. The van der Waals surface area contributed by atoms with Crippen LogP contribution in [0.2, 0.25) is 0 Å². The molecule has 0 unspecified atom stereocenters. The van der Waals surface area contributed by atoms with E-state index in [-0.39, 0.29) is 33.9 Å². The number of rotatable bonds is 5. The summed E-state index contributed by atoms with van der Waals surface area (Å²) < 4.78 is 7.18. The van der Waals surface area contributed by atoms with Crippen LogP contribution in [0.1, 0.15) is 132 Å². The van der Waals surface area contributed by atoms with Gasteiger partial charge in [-0.2, -0.15) is 0 Å². The lowest BCUT2D eigenvalue weighted by molar-refractivity contribution is 0.590. The summed E-state index contributed by atoms with van der Waals surface area (Å²) in [5, 5.41) is 2.23. The van der Waals surface area contributed by atoms with Crippen LogP contribution in [0.25, 0.3) is 33.1 Å². The molecule has 0 aliphatic carbocycles. The lowest BCUT2D eigenvalue weighted by Crippen LogP contribution is -2.61. The van der Waals surface area contributed by atoms with Crippen molar-refractivity contribution in [1.82, 2.24) is 0 Å². The molecule has 368 valence electrons.